The molecule has 120 valence electrons. The Hall–Kier alpha value is -0.890. The largest absolute Gasteiger partial charge is 0.359 e. The van der Waals surface area contributed by atoms with Gasteiger partial charge in [0.05, 0.1) is 11.2 Å². The van der Waals surface area contributed by atoms with Crippen LogP contribution >= 0.6 is 0 Å². The van der Waals surface area contributed by atoms with Gasteiger partial charge in [0.1, 0.15) is 5.78 Å². The molecular formula is C20H28O2. The van der Waals surface area contributed by atoms with Crippen LogP contribution in [0.5, 0.6) is 0 Å². The predicted octanol–water partition coefficient (Wildman–Crippen LogP) is 4.74. The number of carbonyl (C=O) groups excluding carboxylic acids is 1. The van der Waals surface area contributed by atoms with Crippen LogP contribution < -0.4 is 0 Å². The number of rotatable bonds is 2. The summed E-state index contributed by atoms with van der Waals surface area (Å²) in [5.74, 6) is 0.961. The van der Waals surface area contributed by atoms with E-state index in [4.69, 9.17) is 4.74 Å². The molecule has 4 aliphatic rings. The monoisotopic (exact) mass is 300 g/mol. The molecule has 4 rings (SSSR count). The van der Waals surface area contributed by atoms with Gasteiger partial charge in [0.25, 0.3) is 0 Å². The first-order valence-corrected chi connectivity index (χ1v) is 9.05. The zero-order valence-electron chi connectivity index (χ0n) is 14.2. The Morgan fingerprint density at radius 2 is 2.09 bits per heavy atom. The molecular weight excluding hydrogens is 272 g/mol. The SMILES string of the molecule is CCC[C@@H]1C(C)(C)CC=C2C=C3CCC(=O)C[C@]34CC[C@@]21O4. The lowest BCUT2D eigenvalue weighted by molar-refractivity contribution is -0.149. The first-order valence-electron chi connectivity index (χ1n) is 9.05. The Morgan fingerprint density at radius 1 is 1.27 bits per heavy atom. The number of Topliss-reactive ketones (excluding diaryl/α,β-unsaturated/α-hetero) is 1. The van der Waals surface area contributed by atoms with Crippen molar-refractivity contribution in [1.82, 2.24) is 0 Å². The minimum atomic E-state index is -0.244. The summed E-state index contributed by atoms with van der Waals surface area (Å²) in [7, 11) is 0. The van der Waals surface area contributed by atoms with Crippen molar-refractivity contribution < 1.29 is 9.53 Å². The number of allylic oxidation sites excluding steroid dienone is 1. The van der Waals surface area contributed by atoms with E-state index in [9.17, 15) is 4.79 Å². The van der Waals surface area contributed by atoms with E-state index >= 15 is 0 Å². The van der Waals surface area contributed by atoms with Crippen LogP contribution in [-0.4, -0.2) is 17.0 Å². The zero-order chi connectivity index (χ0) is 15.6. The van der Waals surface area contributed by atoms with Crippen LogP contribution in [0.15, 0.2) is 23.3 Å². The molecule has 2 fully saturated rings. The Kier molecular flexibility index (Phi) is 3.05. The number of ketones is 1. The van der Waals surface area contributed by atoms with E-state index < -0.39 is 0 Å². The summed E-state index contributed by atoms with van der Waals surface area (Å²) in [5, 5.41) is 0. The molecule has 2 heteroatoms. The van der Waals surface area contributed by atoms with Gasteiger partial charge in [0.15, 0.2) is 0 Å². The Labute approximate surface area is 134 Å². The highest BCUT2D eigenvalue weighted by Gasteiger charge is 2.62. The van der Waals surface area contributed by atoms with Crippen LogP contribution in [0.1, 0.15) is 72.1 Å². The van der Waals surface area contributed by atoms with Gasteiger partial charge in [-0.2, -0.15) is 0 Å². The normalized spacial score (nSPS) is 42.3. The van der Waals surface area contributed by atoms with Crippen molar-refractivity contribution in [2.75, 3.05) is 0 Å². The molecule has 0 N–H and O–H groups in total. The molecule has 0 aromatic rings. The third-order valence-corrected chi connectivity index (χ3v) is 6.77. The maximum absolute atomic E-state index is 12.1. The van der Waals surface area contributed by atoms with Gasteiger partial charge < -0.3 is 4.74 Å². The molecule has 1 saturated carbocycles. The maximum Gasteiger partial charge on any atom is 0.136 e. The number of hydrogen-bond acceptors (Lipinski definition) is 2. The fraction of sp³-hybridized carbons (Fsp3) is 0.750. The summed E-state index contributed by atoms with van der Waals surface area (Å²) in [6.45, 7) is 7.08. The molecule has 2 nitrogen and oxygen atoms in total. The fourth-order valence-corrected chi connectivity index (χ4v) is 5.67. The van der Waals surface area contributed by atoms with Crippen molar-refractivity contribution in [1.29, 1.82) is 0 Å². The third kappa shape index (κ3) is 1.79. The summed E-state index contributed by atoms with van der Waals surface area (Å²) in [6.07, 6.45) is 12.8. The van der Waals surface area contributed by atoms with Gasteiger partial charge in [-0.05, 0) is 54.6 Å². The van der Waals surface area contributed by atoms with Crippen molar-refractivity contribution in [2.45, 2.75) is 83.3 Å². The van der Waals surface area contributed by atoms with Crippen LogP contribution in [0.4, 0.5) is 0 Å². The standard InChI is InChI=1S/C20H28O2/c1-4-5-17-18(2,3)9-8-15-12-14-6-7-16(21)13-19(14)10-11-20(15,17)22-19/h8,12,17H,4-7,9-11,13H2,1-3H3/t17-,19-,20-/m1/s1. The summed E-state index contributed by atoms with van der Waals surface area (Å²) in [4.78, 5) is 12.1. The second-order valence-corrected chi connectivity index (χ2v) is 8.56. The molecule has 2 aliphatic heterocycles. The topological polar surface area (TPSA) is 26.3 Å². The minimum Gasteiger partial charge on any atom is -0.359 e. The highest BCUT2D eigenvalue weighted by molar-refractivity contribution is 5.82. The molecule has 0 unspecified atom stereocenters. The summed E-state index contributed by atoms with van der Waals surface area (Å²) < 4.78 is 6.89. The lowest BCUT2D eigenvalue weighted by atomic mass is 9.59. The predicted molar refractivity (Wildman–Crippen MR) is 87.6 cm³/mol. The van der Waals surface area contributed by atoms with E-state index in [0.29, 0.717) is 24.5 Å². The molecule has 2 bridgehead atoms. The third-order valence-electron chi connectivity index (χ3n) is 6.77. The Bertz CT molecular complexity index is 583. The van der Waals surface area contributed by atoms with Gasteiger partial charge in [-0.3, -0.25) is 4.79 Å². The molecule has 1 saturated heterocycles. The molecule has 0 aromatic heterocycles. The molecule has 2 heterocycles. The Morgan fingerprint density at radius 3 is 2.86 bits per heavy atom. The average molecular weight is 300 g/mol. The van der Waals surface area contributed by atoms with Gasteiger partial charge >= 0.3 is 0 Å². The van der Waals surface area contributed by atoms with E-state index in [1.54, 1.807) is 0 Å². The van der Waals surface area contributed by atoms with Crippen molar-refractivity contribution in [3.05, 3.63) is 23.3 Å². The van der Waals surface area contributed by atoms with E-state index in [0.717, 1.165) is 25.7 Å². The van der Waals surface area contributed by atoms with Crippen LogP contribution in [0, 0.1) is 11.3 Å². The van der Waals surface area contributed by atoms with Crippen molar-refractivity contribution in [3.8, 4) is 0 Å². The van der Waals surface area contributed by atoms with Crippen LogP contribution in [0.25, 0.3) is 0 Å². The molecule has 0 amide bonds. The fourth-order valence-electron chi connectivity index (χ4n) is 5.67. The smallest absolute Gasteiger partial charge is 0.136 e. The molecule has 2 aliphatic carbocycles. The van der Waals surface area contributed by atoms with E-state index in [2.05, 4.69) is 32.9 Å². The van der Waals surface area contributed by atoms with Crippen molar-refractivity contribution in [2.24, 2.45) is 11.3 Å². The zero-order valence-corrected chi connectivity index (χ0v) is 14.2. The van der Waals surface area contributed by atoms with E-state index in [-0.39, 0.29) is 16.6 Å². The quantitative estimate of drug-likeness (QED) is 0.736. The number of ether oxygens (including phenoxy) is 1. The number of carbonyl (C=O) groups is 1. The molecule has 0 radical (unpaired) electrons. The molecule has 2 spiro atoms. The summed E-state index contributed by atoms with van der Waals surface area (Å²) >= 11 is 0. The lowest BCUT2D eigenvalue weighted by Gasteiger charge is -2.54. The summed E-state index contributed by atoms with van der Waals surface area (Å²) in [5.41, 5.74) is 2.77. The van der Waals surface area contributed by atoms with Gasteiger partial charge in [0.2, 0.25) is 0 Å². The second-order valence-electron chi connectivity index (χ2n) is 8.56. The average Bonchev–Trinajstić information content (AvgIpc) is 2.76. The highest BCUT2D eigenvalue weighted by Crippen LogP contribution is 2.63. The second kappa shape index (κ2) is 4.56. The lowest BCUT2D eigenvalue weighted by Crippen LogP contribution is -2.54. The first-order chi connectivity index (χ1) is 10.4. The van der Waals surface area contributed by atoms with Crippen molar-refractivity contribution in [3.63, 3.8) is 0 Å². The van der Waals surface area contributed by atoms with Crippen LogP contribution in [0.3, 0.4) is 0 Å². The van der Waals surface area contributed by atoms with Gasteiger partial charge in [-0.15, -0.1) is 0 Å². The summed E-state index contributed by atoms with van der Waals surface area (Å²) in [6, 6.07) is 0. The maximum atomic E-state index is 12.1. The molecule has 3 atom stereocenters. The number of hydrogen-bond donors (Lipinski definition) is 0. The first kappa shape index (κ1) is 14.7. The Balaban J connectivity index is 1.83. The van der Waals surface area contributed by atoms with Crippen LogP contribution in [0.2, 0.25) is 0 Å². The van der Waals surface area contributed by atoms with E-state index in [1.165, 1.54) is 24.0 Å². The molecule has 0 aromatic carbocycles. The van der Waals surface area contributed by atoms with Gasteiger partial charge in [0, 0.05) is 12.8 Å². The van der Waals surface area contributed by atoms with E-state index in [1.807, 2.05) is 0 Å². The van der Waals surface area contributed by atoms with Gasteiger partial charge in [-0.25, -0.2) is 0 Å². The van der Waals surface area contributed by atoms with Crippen molar-refractivity contribution >= 4 is 5.78 Å². The minimum absolute atomic E-state index is 0.112. The van der Waals surface area contributed by atoms with Gasteiger partial charge in [-0.1, -0.05) is 39.3 Å². The molecule has 22 heavy (non-hydrogen) atoms. The van der Waals surface area contributed by atoms with Crippen LogP contribution in [-0.2, 0) is 9.53 Å². The highest BCUT2D eigenvalue weighted by atomic mass is 16.5.